The van der Waals surface area contributed by atoms with Gasteiger partial charge in [0.05, 0.1) is 0 Å². The molecule has 0 aromatic carbocycles. The molecular formula is C5H14N4O2. The Kier molecular flexibility index (Phi) is 3.80. The highest BCUT2D eigenvalue weighted by molar-refractivity contribution is 5.66. The van der Waals surface area contributed by atoms with Crippen LogP contribution in [0.15, 0.2) is 0 Å². The minimum absolute atomic E-state index is 0.362. The maximum Gasteiger partial charge on any atom is 0.421 e. The molecule has 0 saturated heterocycles. The van der Waals surface area contributed by atoms with E-state index in [-0.39, 0.29) is 0 Å². The largest absolute Gasteiger partial charge is 0.441 e. The summed E-state index contributed by atoms with van der Waals surface area (Å²) in [5.41, 5.74) is 3.59. The molecule has 0 fully saturated rings. The van der Waals surface area contributed by atoms with Crippen LogP contribution in [-0.4, -0.2) is 18.2 Å². The summed E-state index contributed by atoms with van der Waals surface area (Å²) in [6, 6.07) is 0. The summed E-state index contributed by atoms with van der Waals surface area (Å²) in [6.45, 7) is 3.78. The third-order valence-corrected chi connectivity index (χ3v) is 1.01. The highest BCUT2D eigenvalue weighted by Gasteiger charge is 2.21. The van der Waals surface area contributed by atoms with Gasteiger partial charge >= 0.3 is 6.09 Å². The number of amides is 1. The zero-order valence-corrected chi connectivity index (χ0v) is 6.68. The van der Waals surface area contributed by atoms with E-state index in [1.165, 1.54) is 0 Å². The van der Waals surface area contributed by atoms with Crippen molar-refractivity contribution in [2.45, 2.75) is 19.4 Å². The van der Waals surface area contributed by atoms with Gasteiger partial charge in [-0.05, 0) is 13.8 Å². The summed E-state index contributed by atoms with van der Waals surface area (Å²) in [4.78, 5) is 10.6. The molecule has 0 heterocycles. The van der Waals surface area contributed by atoms with E-state index in [0.717, 1.165) is 0 Å². The smallest absolute Gasteiger partial charge is 0.421 e. The van der Waals surface area contributed by atoms with Crippen LogP contribution in [0.25, 0.3) is 0 Å². The molecule has 6 nitrogen and oxygen atoms in total. The maximum absolute atomic E-state index is 10.6. The number of carbonyl (C=O) groups is 1. The Morgan fingerprint density at radius 3 is 2.45 bits per heavy atom. The van der Waals surface area contributed by atoms with E-state index >= 15 is 0 Å². The lowest BCUT2D eigenvalue weighted by molar-refractivity contribution is 0.0393. The van der Waals surface area contributed by atoms with Crippen LogP contribution in [0.2, 0.25) is 0 Å². The molecule has 0 bridgehead atoms. The van der Waals surface area contributed by atoms with Crippen molar-refractivity contribution >= 4 is 6.09 Å². The first kappa shape index (κ1) is 10.2. The predicted molar refractivity (Wildman–Crippen MR) is 40.1 cm³/mol. The Morgan fingerprint density at radius 2 is 2.09 bits per heavy atom. The van der Waals surface area contributed by atoms with Gasteiger partial charge in [-0.3, -0.25) is 16.7 Å². The minimum atomic E-state index is -0.676. The molecule has 0 saturated carbocycles. The Balaban J connectivity index is 3.80. The van der Waals surface area contributed by atoms with Crippen molar-refractivity contribution in [3.63, 3.8) is 0 Å². The van der Waals surface area contributed by atoms with Gasteiger partial charge in [-0.15, -0.1) is 0 Å². The molecule has 0 rings (SSSR count). The number of carbonyl (C=O) groups excluding carboxylic acids is 1. The normalized spacial score (nSPS) is 10.9. The van der Waals surface area contributed by atoms with Crippen LogP contribution < -0.4 is 22.5 Å². The topological polar surface area (TPSA) is 102 Å². The second-order valence-electron chi connectivity index (χ2n) is 2.67. The van der Waals surface area contributed by atoms with Gasteiger partial charge < -0.3 is 4.74 Å². The first-order valence-electron chi connectivity index (χ1n) is 3.15. The van der Waals surface area contributed by atoms with Gasteiger partial charge in [0, 0.05) is 6.54 Å². The summed E-state index contributed by atoms with van der Waals surface area (Å²) in [5.74, 6) is 9.84. The molecule has 1 amide bonds. The predicted octanol–water partition coefficient (Wildman–Crippen LogP) is -1.17. The van der Waals surface area contributed by atoms with E-state index < -0.39 is 11.7 Å². The minimum Gasteiger partial charge on any atom is -0.441 e. The fourth-order valence-electron chi connectivity index (χ4n) is 0.562. The van der Waals surface area contributed by atoms with Gasteiger partial charge in [0.2, 0.25) is 0 Å². The van der Waals surface area contributed by atoms with Gasteiger partial charge in [0.25, 0.3) is 0 Å². The summed E-state index contributed by atoms with van der Waals surface area (Å²) in [7, 11) is 0. The average molecular weight is 162 g/mol. The number of rotatable bonds is 3. The first-order chi connectivity index (χ1) is 5.02. The standard InChI is InChI=1S/C5H14N4O2/c1-5(2,3-8-6)11-4(10)9-7/h8H,3,6-7H2,1-2H3,(H,9,10). The number of ether oxygens (including phenoxy) is 1. The zero-order valence-electron chi connectivity index (χ0n) is 6.68. The summed E-state index contributed by atoms with van der Waals surface area (Å²) >= 11 is 0. The molecule has 0 aliphatic carbocycles. The summed E-state index contributed by atoms with van der Waals surface area (Å²) in [5, 5.41) is 0. The molecule has 0 aliphatic rings. The molecule has 6 N–H and O–H groups in total. The van der Waals surface area contributed by atoms with Crippen LogP contribution in [0.3, 0.4) is 0 Å². The van der Waals surface area contributed by atoms with Crippen LogP contribution in [0.1, 0.15) is 13.8 Å². The molecule has 0 atom stereocenters. The second-order valence-corrected chi connectivity index (χ2v) is 2.67. The van der Waals surface area contributed by atoms with E-state index in [2.05, 4.69) is 5.43 Å². The highest BCUT2D eigenvalue weighted by atomic mass is 16.6. The van der Waals surface area contributed by atoms with E-state index in [9.17, 15) is 4.79 Å². The van der Waals surface area contributed by atoms with Gasteiger partial charge in [-0.1, -0.05) is 0 Å². The van der Waals surface area contributed by atoms with Crippen LogP contribution in [0.5, 0.6) is 0 Å². The number of hydrazine groups is 2. The van der Waals surface area contributed by atoms with Gasteiger partial charge in [-0.2, -0.15) is 0 Å². The molecular weight excluding hydrogens is 148 g/mol. The molecule has 0 unspecified atom stereocenters. The van der Waals surface area contributed by atoms with E-state index in [0.29, 0.717) is 6.54 Å². The van der Waals surface area contributed by atoms with Crippen molar-refractivity contribution in [2.24, 2.45) is 11.7 Å². The SMILES string of the molecule is CC(C)(CNN)OC(=O)NN. The zero-order chi connectivity index (χ0) is 8.91. The Bertz CT molecular complexity index is 136. The van der Waals surface area contributed by atoms with Crippen molar-refractivity contribution in [3.05, 3.63) is 0 Å². The maximum atomic E-state index is 10.6. The first-order valence-corrected chi connectivity index (χ1v) is 3.15. The Hall–Kier alpha value is -0.850. The van der Waals surface area contributed by atoms with Crippen LogP contribution in [-0.2, 0) is 4.74 Å². The molecule has 0 radical (unpaired) electrons. The molecule has 0 aromatic rings. The molecule has 6 heteroatoms. The van der Waals surface area contributed by atoms with Gasteiger partial charge in [0.15, 0.2) is 0 Å². The van der Waals surface area contributed by atoms with Gasteiger partial charge in [-0.25, -0.2) is 10.6 Å². The average Bonchev–Trinajstić information content (AvgIpc) is 1.86. The molecule has 66 valence electrons. The third-order valence-electron chi connectivity index (χ3n) is 1.01. The summed E-state index contributed by atoms with van der Waals surface area (Å²) < 4.78 is 4.81. The van der Waals surface area contributed by atoms with Crippen molar-refractivity contribution < 1.29 is 9.53 Å². The lowest BCUT2D eigenvalue weighted by atomic mass is 10.1. The molecule has 0 spiro atoms. The molecule has 0 aromatic heterocycles. The van der Waals surface area contributed by atoms with Gasteiger partial charge in [0.1, 0.15) is 5.60 Å². The Morgan fingerprint density at radius 1 is 1.55 bits per heavy atom. The fourth-order valence-corrected chi connectivity index (χ4v) is 0.562. The fraction of sp³-hybridized carbons (Fsp3) is 0.800. The Labute approximate surface area is 65.2 Å². The van der Waals surface area contributed by atoms with Crippen LogP contribution in [0, 0.1) is 0 Å². The van der Waals surface area contributed by atoms with Crippen LogP contribution in [0.4, 0.5) is 4.79 Å². The van der Waals surface area contributed by atoms with E-state index in [4.69, 9.17) is 16.4 Å². The molecule has 11 heavy (non-hydrogen) atoms. The monoisotopic (exact) mass is 162 g/mol. The van der Waals surface area contributed by atoms with Crippen molar-refractivity contribution in [1.29, 1.82) is 0 Å². The molecule has 0 aliphatic heterocycles. The number of nitrogens with two attached hydrogens (primary N) is 2. The lowest BCUT2D eigenvalue weighted by Crippen LogP contribution is -2.45. The third kappa shape index (κ3) is 4.54. The van der Waals surface area contributed by atoms with E-state index in [1.54, 1.807) is 13.8 Å². The summed E-state index contributed by atoms with van der Waals surface area (Å²) in [6.07, 6.45) is -0.676. The van der Waals surface area contributed by atoms with Crippen molar-refractivity contribution in [2.75, 3.05) is 6.54 Å². The number of nitrogens with one attached hydrogen (secondary N) is 2. The van der Waals surface area contributed by atoms with E-state index in [1.807, 2.05) is 5.43 Å². The number of hydrogen-bond donors (Lipinski definition) is 4. The number of hydrogen-bond acceptors (Lipinski definition) is 5. The lowest BCUT2D eigenvalue weighted by Gasteiger charge is -2.23. The highest BCUT2D eigenvalue weighted by Crippen LogP contribution is 2.06. The second kappa shape index (κ2) is 4.12. The van der Waals surface area contributed by atoms with Crippen LogP contribution >= 0.6 is 0 Å². The van der Waals surface area contributed by atoms with Crippen molar-refractivity contribution in [3.8, 4) is 0 Å². The van der Waals surface area contributed by atoms with Crippen molar-refractivity contribution in [1.82, 2.24) is 10.9 Å². The quantitative estimate of drug-likeness (QED) is 0.238.